The molecule has 0 spiro atoms. The van der Waals surface area contributed by atoms with Crippen molar-refractivity contribution in [2.75, 3.05) is 26.7 Å². The predicted molar refractivity (Wildman–Crippen MR) is 91.6 cm³/mol. The molecule has 3 rings (SSSR count). The molecule has 2 heterocycles. The van der Waals surface area contributed by atoms with Gasteiger partial charge in [-0.25, -0.2) is 0 Å². The van der Waals surface area contributed by atoms with Crippen molar-refractivity contribution in [2.24, 2.45) is 0 Å². The summed E-state index contributed by atoms with van der Waals surface area (Å²) in [5.41, 5.74) is 0.108. The standard InChI is InChI=1S/C19H28N2O2/c1-19-12-8-14-21(17(19)11-6-7-13-20(19)2)18(22)15-23-16-9-4-3-5-10-16/h3-5,9-10,17H,6-8,11-15H2,1-2H3/t17-,19-/m0/s1. The van der Waals surface area contributed by atoms with Crippen molar-refractivity contribution in [1.29, 1.82) is 0 Å². The maximum atomic E-state index is 12.8. The molecule has 2 saturated heterocycles. The molecular formula is C19H28N2O2. The molecule has 1 aromatic rings. The maximum absolute atomic E-state index is 12.8. The molecule has 126 valence electrons. The van der Waals surface area contributed by atoms with Crippen LogP contribution in [0.1, 0.15) is 39.0 Å². The number of benzene rings is 1. The average molecular weight is 316 g/mol. The van der Waals surface area contributed by atoms with Gasteiger partial charge in [-0.2, -0.15) is 0 Å². The Kier molecular flexibility index (Phi) is 4.90. The van der Waals surface area contributed by atoms with Gasteiger partial charge in [-0.3, -0.25) is 9.69 Å². The number of likely N-dealkylation sites (N-methyl/N-ethyl adjacent to an activating group) is 1. The number of amides is 1. The van der Waals surface area contributed by atoms with Gasteiger partial charge in [0.1, 0.15) is 5.75 Å². The van der Waals surface area contributed by atoms with E-state index >= 15 is 0 Å². The molecule has 0 N–H and O–H groups in total. The minimum absolute atomic E-state index is 0.108. The SMILES string of the molecule is CN1CCCC[C@@H]2N(C(=O)COc3ccccc3)CCC[C@@]21C. The highest BCUT2D eigenvalue weighted by atomic mass is 16.5. The summed E-state index contributed by atoms with van der Waals surface area (Å²) in [6, 6.07) is 9.91. The molecule has 2 fully saturated rings. The quantitative estimate of drug-likeness (QED) is 0.859. The van der Waals surface area contributed by atoms with Crippen LogP contribution < -0.4 is 4.74 Å². The van der Waals surface area contributed by atoms with Gasteiger partial charge in [0.05, 0.1) is 0 Å². The number of nitrogens with zero attached hydrogens (tertiary/aromatic N) is 2. The Balaban J connectivity index is 1.69. The van der Waals surface area contributed by atoms with E-state index in [9.17, 15) is 4.79 Å². The summed E-state index contributed by atoms with van der Waals surface area (Å²) in [5, 5.41) is 0. The number of carbonyl (C=O) groups excluding carboxylic acids is 1. The number of para-hydroxylation sites is 1. The minimum Gasteiger partial charge on any atom is -0.484 e. The topological polar surface area (TPSA) is 32.8 Å². The number of rotatable bonds is 3. The van der Waals surface area contributed by atoms with Crippen molar-refractivity contribution >= 4 is 5.91 Å². The molecule has 2 aliphatic heterocycles. The third-order valence-electron chi connectivity index (χ3n) is 5.69. The van der Waals surface area contributed by atoms with Crippen LogP contribution in [0.5, 0.6) is 5.75 Å². The monoisotopic (exact) mass is 316 g/mol. The number of carbonyl (C=O) groups is 1. The van der Waals surface area contributed by atoms with Gasteiger partial charge in [0.2, 0.25) is 0 Å². The number of fused-ring (bicyclic) bond motifs is 1. The summed E-state index contributed by atoms with van der Waals surface area (Å²) in [6.45, 7) is 4.47. The van der Waals surface area contributed by atoms with Gasteiger partial charge in [0.25, 0.3) is 5.91 Å². The predicted octanol–water partition coefficient (Wildman–Crippen LogP) is 2.93. The molecule has 1 amide bonds. The van der Waals surface area contributed by atoms with E-state index in [0.717, 1.165) is 31.7 Å². The number of hydrogen-bond donors (Lipinski definition) is 0. The van der Waals surface area contributed by atoms with E-state index in [2.05, 4.69) is 23.8 Å². The zero-order valence-corrected chi connectivity index (χ0v) is 14.3. The maximum Gasteiger partial charge on any atom is 0.260 e. The van der Waals surface area contributed by atoms with Crippen molar-refractivity contribution in [2.45, 2.75) is 50.6 Å². The molecule has 0 aromatic heterocycles. The lowest BCUT2D eigenvalue weighted by Crippen LogP contribution is -2.63. The molecule has 0 bridgehead atoms. The second-order valence-electron chi connectivity index (χ2n) is 7.08. The van der Waals surface area contributed by atoms with Crippen LogP contribution in [0.25, 0.3) is 0 Å². The lowest BCUT2D eigenvalue weighted by molar-refractivity contribution is -0.142. The highest BCUT2D eigenvalue weighted by Gasteiger charge is 2.45. The lowest BCUT2D eigenvalue weighted by atomic mass is 9.80. The largest absolute Gasteiger partial charge is 0.484 e. The van der Waals surface area contributed by atoms with E-state index in [1.165, 1.54) is 19.3 Å². The van der Waals surface area contributed by atoms with E-state index in [-0.39, 0.29) is 18.1 Å². The Labute approximate surface area is 139 Å². The third kappa shape index (κ3) is 3.37. The minimum atomic E-state index is 0.108. The summed E-state index contributed by atoms with van der Waals surface area (Å²) in [5.74, 6) is 0.888. The van der Waals surface area contributed by atoms with E-state index in [1.807, 2.05) is 30.3 Å². The van der Waals surface area contributed by atoms with Crippen molar-refractivity contribution in [1.82, 2.24) is 9.80 Å². The molecule has 4 nitrogen and oxygen atoms in total. The summed E-state index contributed by atoms with van der Waals surface area (Å²) in [4.78, 5) is 17.3. The number of likely N-dealkylation sites (tertiary alicyclic amines) is 2. The smallest absolute Gasteiger partial charge is 0.260 e. The first kappa shape index (κ1) is 16.3. The van der Waals surface area contributed by atoms with Gasteiger partial charge < -0.3 is 9.64 Å². The van der Waals surface area contributed by atoms with Crippen molar-refractivity contribution in [3.05, 3.63) is 30.3 Å². The van der Waals surface area contributed by atoms with Crippen LogP contribution >= 0.6 is 0 Å². The van der Waals surface area contributed by atoms with Crippen LogP contribution in [0, 0.1) is 0 Å². The fraction of sp³-hybridized carbons (Fsp3) is 0.632. The van der Waals surface area contributed by atoms with Gasteiger partial charge in [-0.15, -0.1) is 0 Å². The van der Waals surface area contributed by atoms with Crippen LogP contribution in [-0.4, -0.2) is 54.0 Å². The molecule has 0 aliphatic carbocycles. The third-order valence-corrected chi connectivity index (χ3v) is 5.69. The fourth-order valence-electron chi connectivity index (χ4n) is 4.16. The zero-order valence-electron chi connectivity index (χ0n) is 14.3. The number of ether oxygens (including phenoxy) is 1. The first-order chi connectivity index (χ1) is 11.1. The Bertz CT molecular complexity index is 533. The Morgan fingerprint density at radius 1 is 1.22 bits per heavy atom. The van der Waals surface area contributed by atoms with Crippen LogP contribution in [-0.2, 0) is 4.79 Å². The van der Waals surface area contributed by atoms with Gasteiger partial charge in [-0.1, -0.05) is 24.6 Å². The molecular weight excluding hydrogens is 288 g/mol. The summed E-state index contributed by atoms with van der Waals surface area (Å²) < 4.78 is 5.69. The molecule has 2 atom stereocenters. The number of piperidine rings is 1. The second-order valence-corrected chi connectivity index (χ2v) is 7.08. The van der Waals surface area contributed by atoms with Gasteiger partial charge in [-0.05, 0) is 58.3 Å². The molecule has 1 aromatic carbocycles. The molecule has 2 aliphatic rings. The second kappa shape index (κ2) is 6.91. The summed E-state index contributed by atoms with van der Waals surface area (Å²) in [7, 11) is 2.22. The normalized spacial score (nSPS) is 28.8. The van der Waals surface area contributed by atoms with Crippen LogP contribution in [0.3, 0.4) is 0 Å². The first-order valence-corrected chi connectivity index (χ1v) is 8.80. The zero-order chi connectivity index (χ0) is 16.3. The average Bonchev–Trinajstić information content (AvgIpc) is 2.72. The van der Waals surface area contributed by atoms with Crippen LogP contribution in [0.4, 0.5) is 0 Å². The molecule has 0 radical (unpaired) electrons. The van der Waals surface area contributed by atoms with E-state index in [4.69, 9.17) is 4.74 Å². The van der Waals surface area contributed by atoms with Gasteiger partial charge >= 0.3 is 0 Å². The van der Waals surface area contributed by atoms with E-state index in [1.54, 1.807) is 0 Å². The van der Waals surface area contributed by atoms with Crippen LogP contribution in [0.2, 0.25) is 0 Å². The lowest BCUT2D eigenvalue weighted by Gasteiger charge is -2.51. The van der Waals surface area contributed by atoms with Crippen LogP contribution in [0.15, 0.2) is 30.3 Å². The Morgan fingerprint density at radius 2 is 2.00 bits per heavy atom. The fourth-order valence-corrected chi connectivity index (χ4v) is 4.16. The van der Waals surface area contributed by atoms with E-state index < -0.39 is 0 Å². The Hall–Kier alpha value is -1.55. The summed E-state index contributed by atoms with van der Waals surface area (Å²) in [6.07, 6.45) is 5.79. The highest BCUT2D eigenvalue weighted by Crippen LogP contribution is 2.37. The molecule has 0 unspecified atom stereocenters. The highest BCUT2D eigenvalue weighted by molar-refractivity contribution is 5.78. The first-order valence-electron chi connectivity index (χ1n) is 8.80. The van der Waals surface area contributed by atoms with Gasteiger partial charge in [0, 0.05) is 18.1 Å². The molecule has 0 saturated carbocycles. The summed E-state index contributed by atoms with van der Waals surface area (Å²) >= 11 is 0. The van der Waals surface area contributed by atoms with Crippen molar-refractivity contribution in [3.63, 3.8) is 0 Å². The van der Waals surface area contributed by atoms with E-state index in [0.29, 0.717) is 6.04 Å². The molecule has 23 heavy (non-hydrogen) atoms. The Morgan fingerprint density at radius 3 is 2.78 bits per heavy atom. The van der Waals surface area contributed by atoms with Crippen molar-refractivity contribution < 1.29 is 9.53 Å². The van der Waals surface area contributed by atoms with Gasteiger partial charge in [0.15, 0.2) is 6.61 Å². The molecule has 4 heteroatoms. The number of hydrogen-bond acceptors (Lipinski definition) is 3. The van der Waals surface area contributed by atoms with Crippen molar-refractivity contribution in [3.8, 4) is 5.75 Å².